The number of nitrogens with one attached hydrogen (secondary N) is 1. The molecular weight excluding hydrogens is 563 g/mol. The number of hydrogen-bond donors (Lipinski definition) is 1. The van der Waals surface area contributed by atoms with Crippen molar-refractivity contribution in [1.29, 1.82) is 0 Å². The standard InChI is InChI=1S/C29H31ClF3N3O3S/c1-20-14-16-35(17-15-20)23-10-8-22(9-11-23)21(2)34-28(37)19-36(40(38,39)25-6-4-3-5-7-25)24-12-13-27(30)26(18-24)29(31,32)33/h3-13,18,20-21H,14-17,19H2,1-2H3,(H,34,37). The van der Waals surface area contributed by atoms with E-state index in [-0.39, 0.29) is 10.6 Å². The minimum absolute atomic E-state index is 0.165. The Bertz CT molecular complexity index is 1430. The molecular formula is C29H31ClF3N3O3S. The first-order chi connectivity index (χ1) is 18.9. The Morgan fingerprint density at radius 1 is 1.05 bits per heavy atom. The first kappa shape index (κ1) is 29.7. The Balaban J connectivity index is 1.55. The molecule has 3 aromatic carbocycles. The average Bonchev–Trinajstić information content (AvgIpc) is 2.92. The van der Waals surface area contributed by atoms with Crippen molar-refractivity contribution in [3.63, 3.8) is 0 Å². The van der Waals surface area contributed by atoms with Crippen LogP contribution in [0.1, 0.15) is 43.9 Å². The molecule has 1 aliphatic rings. The summed E-state index contributed by atoms with van der Waals surface area (Å²) in [5.41, 5.74) is 0.379. The van der Waals surface area contributed by atoms with Crippen LogP contribution in [0.15, 0.2) is 77.7 Å². The molecule has 1 atom stereocenters. The molecule has 0 radical (unpaired) electrons. The van der Waals surface area contributed by atoms with Crippen molar-refractivity contribution in [2.45, 2.75) is 43.8 Å². The summed E-state index contributed by atoms with van der Waals surface area (Å²) in [5.74, 6) is 0.0357. The third-order valence-corrected chi connectivity index (χ3v) is 9.20. The van der Waals surface area contributed by atoms with Gasteiger partial charge in [-0.3, -0.25) is 9.10 Å². The molecule has 0 spiro atoms. The second-order valence-corrected chi connectivity index (χ2v) is 12.3. The fraction of sp³-hybridized carbons (Fsp3) is 0.345. The van der Waals surface area contributed by atoms with Crippen LogP contribution in [0, 0.1) is 5.92 Å². The van der Waals surface area contributed by atoms with E-state index < -0.39 is 45.3 Å². The number of nitrogens with zero attached hydrogens (tertiary/aromatic N) is 2. The number of hydrogen-bond acceptors (Lipinski definition) is 4. The lowest BCUT2D eigenvalue weighted by molar-refractivity contribution is -0.137. The number of carbonyl (C=O) groups is 1. The molecule has 0 bridgehead atoms. The summed E-state index contributed by atoms with van der Waals surface area (Å²) >= 11 is 5.76. The zero-order valence-corrected chi connectivity index (χ0v) is 23.7. The minimum Gasteiger partial charge on any atom is -0.372 e. The van der Waals surface area contributed by atoms with Crippen molar-refractivity contribution in [2.24, 2.45) is 5.92 Å². The van der Waals surface area contributed by atoms with Gasteiger partial charge < -0.3 is 10.2 Å². The number of anilines is 2. The monoisotopic (exact) mass is 593 g/mol. The number of benzene rings is 3. The molecule has 0 aromatic heterocycles. The van der Waals surface area contributed by atoms with Crippen molar-refractivity contribution in [3.05, 3.63) is 88.9 Å². The topological polar surface area (TPSA) is 69.7 Å². The van der Waals surface area contributed by atoms with Gasteiger partial charge in [0.1, 0.15) is 6.54 Å². The molecule has 1 amide bonds. The van der Waals surface area contributed by atoms with Crippen molar-refractivity contribution in [1.82, 2.24) is 5.32 Å². The maximum absolute atomic E-state index is 13.6. The Morgan fingerprint density at radius 2 is 1.68 bits per heavy atom. The third kappa shape index (κ3) is 6.90. The van der Waals surface area contributed by atoms with Crippen molar-refractivity contribution >= 4 is 38.9 Å². The van der Waals surface area contributed by atoms with E-state index in [1.807, 2.05) is 24.3 Å². The molecule has 1 N–H and O–H groups in total. The SMILES string of the molecule is CC1CCN(c2ccc(C(C)NC(=O)CN(c3ccc(Cl)c(C(F)(F)F)c3)S(=O)(=O)c3ccccc3)cc2)CC1. The van der Waals surface area contributed by atoms with Gasteiger partial charge in [0.2, 0.25) is 5.91 Å². The Morgan fingerprint density at radius 3 is 2.27 bits per heavy atom. The van der Waals surface area contributed by atoms with Gasteiger partial charge in [-0.25, -0.2) is 8.42 Å². The molecule has 0 aliphatic carbocycles. The van der Waals surface area contributed by atoms with Crippen LogP contribution in [0.2, 0.25) is 5.02 Å². The van der Waals surface area contributed by atoms with E-state index in [0.717, 1.165) is 49.3 Å². The normalized spacial score (nSPS) is 15.5. The Labute approximate surface area is 237 Å². The van der Waals surface area contributed by atoms with Gasteiger partial charge in [0, 0.05) is 18.8 Å². The lowest BCUT2D eigenvalue weighted by Gasteiger charge is -2.32. The quantitative estimate of drug-likeness (QED) is 0.317. The van der Waals surface area contributed by atoms with Crippen LogP contribution in [-0.4, -0.2) is 34.0 Å². The summed E-state index contributed by atoms with van der Waals surface area (Å²) < 4.78 is 68.4. The molecule has 1 fully saturated rings. The van der Waals surface area contributed by atoms with E-state index in [4.69, 9.17) is 11.6 Å². The highest BCUT2D eigenvalue weighted by molar-refractivity contribution is 7.92. The molecule has 3 aromatic rings. The minimum atomic E-state index is -4.81. The fourth-order valence-corrected chi connectivity index (χ4v) is 6.32. The molecule has 1 saturated heterocycles. The maximum Gasteiger partial charge on any atom is 0.417 e. The number of sulfonamides is 1. The summed E-state index contributed by atoms with van der Waals surface area (Å²) in [6, 6.07) is 17.3. The van der Waals surface area contributed by atoms with E-state index in [0.29, 0.717) is 16.3 Å². The van der Waals surface area contributed by atoms with Gasteiger partial charge >= 0.3 is 6.18 Å². The summed E-state index contributed by atoms with van der Waals surface area (Å²) in [5, 5.41) is 2.20. The van der Waals surface area contributed by atoms with Crippen LogP contribution in [0.5, 0.6) is 0 Å². The largest absolute Gasteiger partial charge is 0.417 e. The molecule has 214 valence electrons. The van der Waals surface area contributed by atoms with E-state index in [1.165, 1.54) is 24.3 Å². The van der Waals surface area contributed by atoms with Crippen molar-refractivity contribution in [2.75, 3.05) is 28.8 Å². The summed E-state index contributed by atoms with van der Waals surface area (Å²) in [6.07, 6.45) is -2.55. The van der Waals surface area contributed by atoms with E-state index in [1.54, 1.807) is 13.0 Å². The van der Waals surface area contributed by atoms with E-state index >= 15 is 0 Å². The van der Waals surface area contributed by atoms with Crippen LogP contribution in [-0.2, 0) is 21.0 Å². The van der Waals surface area contributed by atoms with Crippen LogP contribution in [0.3, 0.4) is 0 Å². The lowest BCUT2D eigenvalue weighted by atomic mass is 9.98. The van der Waals surface area contributed by atoms with Gasteiger partial charge in [-0.05, 0) is 73.7 Å². The van der Waals surface area contributed by atoms with Gasteiger partial charge in [0.25, 0.3) is 10.0 Å². The highest BCUT2D eigenvalue weighted by Crippen LogP contribution is 2.38. The van der Waals surface area contributed by atoms with Crippen molar-refractivity contribution in [3.8, 4) is 0 Å². The van der Waals surface area contributed by atoms with Crippen molar-refractivity contribution < 1.29 is 26.4 Å². The average molecular weight is 594 g/mol. The van der Waals surface area contributed by atoms with Gasteiger partial charge in [0.15, 0.2) is 0 Å². The highest BCUT2D eigenvalue weighted by Gasteiger charge is 2.35. The molecule has 0 saturated carbocycles. The molecule has 4 rings (SSSR count). The van der Waals surface area contributed by atoms with Crippen LogP contribution in [0.4, 0.5) is 24.5 Å². The summed E-state index contributed by atoms with van der Waals surface area (Å²) in [6.45, 7) is 5.25. The molecule has 1 aliphatic heterocycles. The van der Waals surface area contributed by atoms with Crippen LogP contribution in [0.25, 0.3) is 0 Å². The first-order valence-corrected chi connectivity index (χ1v) is 14.8. The Kier molecular flexibility index (Phi) is 8.99. The molecule has 1 heterocycles. The number of rotatable bonds is 8. The maximum atomic E-state index is 13.6. The predicted molar refractivity (Wildman–Crippen MR) is 151 cm³/mol. The molecule has 1 unspecified atom stereocenters. The molecule has 40 heavy (non-hydrogen) atoms. The third-order valence-electron chi connectivity index (χ3n) is 7.08. The molecule has 6 nitrogen and oxygen atoms in total. The molecule has 11 heteroatoms. The number of halogens is 4. The van der Waals surface area contributed by atoms with Gasteiger partial charge in [0.05, 0.1) is 27.2 Å². The van der Waals surface area contributed by atoms with E-state index in [9.17, 15) is 26.4 Å². The number of alkyl halides is 3. The smallest absolute Gasteiger partial charge is 0.372 e. The van der Waals surface area contributed by atoms with Gasteiger partial charge in [-0.2, -0.15) is 13.2 Å². The van der Waals surface area contributed by atoms with Gasteiger partial charge in [-0.1, -0.05) is 48.9 Å². The number of carbonyl (C=O) groups excluding carboxylic acids is 1. The van der Waals surface area contributed by atoms with Crippen LogP contribution >= 0.6 is 11.6 Å². The van der Waals surface area contributed by atoms with E-state index in [2.05, 4.69) is 17.1 Å². The number of piperidine rings is 1. The zero-order valence-electron chi connectivity index (χ0n) is 22.2. The fourth-order valence-electron chi connectivity index (χ4n) is 4.66. The Hall–Kier alpha value is -3.24. The second-order valence-electron chi connectivity index (χ2n) is 10.0. The summed E-state index contributed by atoms with van der Waals surface area (Å²) in [7, 11) is -4.39. The second kappa shape index (κ2) is 12.1. The van der Waals surface area contributed by atoms with Gasteiger partial charge in [-0.15, -0.1) is 0 Å². The zero-order chi connectivity index (χ0) is 29.1. The highest BCUT2D eigenvalue weighted by atomic mass is 35.5. The van der Waals surface area contributed by atoms with Crippen LogP contribution < -0.4 is 14.5 Å². The number of amides is 1. The predicted octanol–water partition coefficient (Wildman–Crippen LogP) is 6.67. The lowest BCUT2D eigenvalue weighted by Crippen LogP contribution is -2.41. The summed E-state index contributed by atoms with van der Waals surface area (Å²) in [4.78, 5) is 15.3. The first-order valence-electron chi connectivity index (χ1n) is 12.9.